The van der Waals surface area contributed by atoms with Crippen LogP contribution in [0.3, 0.4) is 0 Å². The molecule has 0 saturated heterocycles. The van der Waals surface area contributed by atoms with Crippen molar-refractivity contribution in [2.75, 3.05) is 11.5 Å². The van der Waals surface area contributed by atoms with Crippen molar-refractivity contribution in [3.05, 3.63) is 65.7 Å². The Bertz CT molecular complexity index is 1060. The fraction of sp³-hybridized carbons (Fsp3) is 0.448. The summed E-state index contributed by atoms with van der Waals surface area (Å²) in [7, 11) is 0. The summed E-state index contributed by atoms with van der Waals surface area (Å²) in [6.07, 6.45) is 12.1. The molecule has 4 rings (SSSR count). The Morgan fingerprint density at radius 1 is 1.14 bits per heavy atom. The number of nitrogens with two attached hydrogens (primary N) is 1. The van der Waals surface area contributed by atoms with Gasteiger partial charge in [0.25, 0.3) is 0 Å². The number of fused-ring (bicyclic) bond motifs is 1. The molecule has 1 aliphatic carbocycles. The van der Waals surface area contributed by atoms with Crippen molar-refractivity contribution in [2.45, 2.75) is 76.8 Å². The van der Waals surface area contributed by atoms with Gasteiger partial charge < -0.3 is 9.64 Å². The second kappa shape index (κ2) is 13.2. The topological polar surface area (TPSA) is 71.2 Å². The fourth-order valence-corrected chi connectivity index (χ4v) is 5.59. The van der Waals surface area contributed by atoms with Gasteiger partial charge in [-0.05, 0) is 67.0 Å². The van der Waals surface area contributed by atoms with E-state index in [0.717, 1.165) is 66.9 Å². The van der Waals surface area contributed by atoms with E-state index in [1.54, 1.807) is 0 Å². The van der Waals surface area contributed by atoms with E-state index in [2.05, 4.69) is 50.8 Å². The zero-order valence-electron chi connectivity index (χ0n) is 21.0. The summed E-state index contributed by atoms with van der Waals surface area (Å²) in [5, 5.41) is 1.91. The Labute approximate surface area is 229 Å². The predicted octanol–water partition coefficient (Wildman–Crippen LogP) is 6.62. The number of amides is 1. The van der Waals surface area contributed by atoms with Crippen molar-refractivity contribution in [3.63, 3.8) is 0 Å². The molecule has 2 N–H and O–H groups in total. The number of amidine groups is 1. The monoisotopic (exact) mass is 600 g/mol. The third kappa shape index (κ3) is 6.88. The molecule has 0 bridgehead atoms. The normalized spacial score (nSPS) is 16.6. The van der Waals surface area contributed by atoms with Crippen LogP contribution < -0.4 is 15.5 Å². The minimum Gasteiger partial charge on any atom is -0.494 e. The number of hydrazine groups is 1. The lowest BCUT2D eigenvalue weighted by Gasteiger charge is -2.32. The van der Waals surface area contributed by atoms with Crippen LogP contribution >= 0.6 is 22.9 Å². The number of benzene rings is 2. The number of carbonyl (C=O) groups excluding carboxylic acids is 1. The number of carbonyl (C=O) groups is 1. The van der Waals surface area contributed by atoms with Crippen LogP contribution in [0.5, 0.6) is 5.75 Å². The standard InChI is InChI=1S/C29H37IN4O2/c1-2-22-11-13-23(14-12-22)21-33-27-17-16-26(20-24(27)15-18-29(33)35)36-19-7-6-10-28(32-30)34(31)25-8-4-3-5-9-25/h2,11-14,16-17,20,25H,1,3-10,15,18-19,21,31H2/b32-28+. The third-order valence-electron chi connectivity index (χ3n) is 7.23. The first-order valence-electron chi connectivity index (χ1n) is 13.1. The highest BCUT2D eigenvalue weighted by Crippen LogP contribution is 2.32. The second-order valence-corrected chi connectivity index (χ2v) is 10.2. The van der Waals surface area contributed by atoms with Crippen molar-refractivity contribution in [2.24, 2.45) is 9.05 Å². The van der Waals surface area contributed by atoms with E-state index in [9.17, 15) is 4.79 Å². The van der Waals surface area contributed by atoms with Crippen LogP contribution in [0.15, 0.2) is 52.2 Å². The molecule has 6 nitrogen and oxygen atoms in total. The summed E-state index contributed by atoms with van der Waals surface area (Å²) in [6, 6.07) is 14.7. The molecular weight excluding hydrogens is 563 g/mol. The summed E-state index contributed by atoms with van der Waals surface area (Å²) in [5.74, 6) is 8.41. The Hall–Kier alpha value is -2.39. The van der Waals surface area contributed by atoms with Crippen molar-refractivity contribution >= 4 is 46.4 Å². The van der Waals surface area contributed by atoms with Gasteiger partial charge in [-0.2, -0.15) is 0 Å². The molecule has 36 heavy (non-hydrogen) atoms. The molecule has 2 aromatic carbocycles. The van der Waals surface area contributed by atoms with E-state index < -0.39 is 0 Å². The minimum absolute atomic E-state index is 0.166. The molecule has 192 valence electrons. The van der Waals surface area contributed by atoms with Gasteiger partial charge in [-0.1, -0.05) is 56.2 Å². The Morgan fingerprint density at radius 3 is 2.64 bits per heavy atom. The number of halogens is 1. The first kappa shape index (κ1) is 26.7. The SMILES string of the molecule is C=Cc1ccc(CN2C(=O)CCc3cc(OCCCC/C(=N\I)N(N)C4CCCCC4)ccc32)cc1. The van der Waals surface area contributed by atoms with Gasteiger partial charge >= 0.3 is 0 Å². The maximum atomic E-state index is 12.7. The number of nitrogens with zero attached hydrogens (tertiary/aromatic N) is 3. The maximum absolute atomic E-state index is 12.7. The predicted molar refractivity (Wildman–Crippen MR) is 156 cm³/mol. The van der Waals surface area contributed by atoms with Crippen molar-refractivity contribution in [3.8, 4) is 5.75 Å². The molecule has 0 aromatic heterocycles. The molecule has 0 radical (unpaired) electrons. The summed E-state index contributed by atoms with van der Waals surface area (Å²) in [4.78, 5) is 14.6. The molecule has 0 atom stereocenters. The van der Waals surface area contributed by atoms with Gasteiger partial charge in [0, 0.05) is 24.6 Å². The van der Waals surface area contributed by atoms with Gasteiger partial charge in [-0.25, -0.2) is 9.05 Å². The number of rotatable bonds is 10. The summed E-state index contributed by atoms with van der Waals surface area (Å²) >= 11 is 2.07. The summed E-state index contributed by atoms with van der Waals surface area (Å²) < 4.78 is 10.5. The summed E-state index contributed by atoms with van der Waals surface area (Å²) in [6.45, 7) is 5.03. The zero-order chi connectivity index (χ0) is 25.3. The number of unbranched alkanes of at least 4 members (excludes halogenated alkanes) is 1. The Balaban J connectivity index is 1.27. The van der Waals surface area contributed by atoms with E-state index in [4.69, 9.17) is 10.6 Å². The lowest BCUT2D eigenvalue weighted by atomic mass is 9.95. The van der Waals surface area contributed by atoms with Gasteiger partial charge in [0.05, 0.1) is 36.0 Å². The van der Waals surface area contributed by atoms with Gasteiger partial charge in [0.2, 0.25) is 5.91 Å². The summed E-state index contributed by atoms with van der Waals surface area (Å²) in [5.41, 5.74) is 4.34. The van der Waals surface area contributed by atoms with Gasteiger partial charge in [-0.3, -0.25) is 9.80 Å². The highest BCUT2D eigenvalue weighted by atomic mass is 127. The minimum atomic E-state index is 0.166. The van der Waals surface area contributed by atoms with Crippen LogP contribution in [-0.4, -0.2) is 29.4 Å². The van der Waals surface area contributed by atoms with Crippen molar-refractivity contribution in [1.82, 2.24) is 5.01 Å². The third-order valence-corrected chi connectivity index (χ3v) is 7.79. The van der Waals surface area contributed by atoms with Crippen LogP contribution in [0.1, 0.15) is 74.5 Å². The van der Waals surface area contributed by atoms with E-state index in [1.165, 1.54) is 24.8 Å². The first-order chi connectivity index (χ1) is 17.6. The van der Waals surface area contributed by atoms with Crippen molar-refractivity contribution in [1.29, 1.82) is 0 Å². The van der Waals surface area contributed by atoms with Crippen LogP contribution in [0.25, 0.3) is 6.08 Å². The van der Waals surface area contributed by atoms with Gasteiger partial charge in [-0.15, -0.1) is 0 Å². The number of ether oxygens (including phenoxy) is 1. The molecule has 2 aromatic rings. The second-order valence-electron chi connectivity index (χ2n) is 9.72. The average molecular weight is 601 g/mol. The van der Waals surface area contributed by atoms with Crippen LogP contribution in [0.2, 0.25) is 0 Å². The van der Waals surface area contributed by atoms with E-state index in [-0.39, 0.29) is 5.91 Å². The average Bonchev–Trinajstić information content (AvgIpc) is 2.93. The van der Waals surface area contributed by atoms with Crippen molar-refractivity contribution < 1.29 is 9.53 Å². The molecule has 1 fully saturated rings. The van der Waals surface area contributed by atoms with E-state index in [0.29, 0.717) is 25.6 Å². The highest BCUT2D eigenvalue weighted by molar-refractivity contribution is 14.1. The van der Waals surface area contributed by atoms with Gasteiger partial charge in [0.15, 0.2) is 0 Å². The molecule has 1 amide bonds. The van der Waals surface area contributed by atoms with E-state index in [1.807, 2.05) is 40.3 Å². The first-order valence-corrected chi connectivity index (χ1v) is 14.0. The quantitative estimate of drug-likeness (QED) is 0.0832. The lowest BCUT2D eigenvalue weighted by Crippen LogP contribution is -2.46. The zero-order valence-corrected chi connectivity index (χ0v) is 23.2. The Morgan fingerprint density at radius 2 is 1.92 bits per heavy atom. The maximum Gasteiger partial charge on any atom is 0.227 e. The van der Waals surface area contributed by atoms with Crippen LogP contribution in [0, 0.1) is 0 Å². The van der Waals surface area contributed by atoms with E-state index >= 15 is 0 Å². The molecule has 0 spiro atoms. The molecule has 1 heterocycles. The molecule has 1 saturated carbocycles. The number of hydrogen-bond donors (Lipinski definition) is 1. The number of aryl methyl sites for hydroxylation is 1. The molecular formula is C29H37IN4O2. The van der Waals surface area contributed by atoms with Crippen LogP contribution in [-0.2, 0) is 17.8 Å². The molecule has 0 unspecified atom stereocenters. The smallest absolute Gasteiger partial charge is 0.227 e. The fourth-order valence-electron chi connectivity index (χ4n) is 5.10. The highest BCUT2D eigenvalue weighted by Gasteiger charge is 2.25. The van der Waals surface area contributed by atoms with Crippen LogP contribution in [0.4, 0.5) is 5.69 Å². The Kier molecular flexibility index (Phi) is 9.81. The van der Waals surface area contributed by atoms with Gasteiger partial charge in [0.1, 0.15) is 11.6 Å². The largest absolute Gasteiger partial charge is 0.494 e. The molecule has 1 aliphatic heterocycles. The number of anilines is 1. The lowest BCUT2D eigenvalue weighted by molar-refractivity contribution is -0.119. The number of hydrogen-bond acceptors (Lipinski definition) is 4. The molecule has 2 aliphatic rings. The molecule has 7 heteroatoms.